The smallest absolute Gasteiger partial charge is 0.243 e. The lowest BCUT2D eigenvalue weighted by atomic mass is 10.1. The molecule has 10 heteroatoms. The summed E-state index contributed by atoms with van der Waals surface area (Å²) in [5, 5.41) is 7.36. The van der Waals surface area contributed by atoms with Crippen molar-refractivity contribution in [3.63, 3.8) is 0 Å². The number of benzene rings is 1. The van der Waals surface area contributed by atoms with Crippen molar-refractivity contribution in [2.24, 2.45) is 0 Å². The van der Waals surface area contributed by atoms with Crippen LogP contribution in [-0.2, 0) is 0 Å². The van der Waals surface area contributed by atoms with E-state index in [4.69, 9.17) is 21.1 Å². The van der Waals surface area contributed by atoms with E-state index in [0.29, 0.717) is 34.4 Å². The maximum Gasteiger partial charge on any atom is 0.243 e. The van der Waals surface area contributed by atoms with Crippen molar-refractivity contribution in [3.05, 3.63) is 53.8 Å². The molecule has 148 valence electrons. The van der Waals surface area contributed by atoms with Crippen LogP contribution >= 0.6 is 11.6 Å². The van der Waals surface area contributed by atoms with Crippen LogP contribution in [0.15, 0.2) is 43.0 Å². The number of nitrogens with zero attached hydrogens (tertiary/aromatic N) is 5. The minimum Gasteiger partial charge on any atom is -0.492 e. The van der Waals surface area contributed by atoms with Gasteiger partial charge in [0.25, 0.3) is 0 Å². The number of Topliss-reactive ketones (excluding diaryl/α,β-unsaturated/α-hetero) is 1. The molecule has 1 N–H and O–H groups in total. The monoisotopic (exact) mass is 412 g/mol. The first-order valence-corrected chi connectivity index (χ1v) is 8.97. The van der Waals surface area contributed by atoms with Gasteiger partial charge in [-0.1, -0.05) is 0 Å². The highest BCUT2D eigenvalue weighted by molar-refractivity contribution is 6.28. The molecule has 4 aromatic rings. The van der Waals surface area contributed by atoms with Gasteiger partial charge < -0.3 is 19.4 Å². The molecule has 0 saturated heterocycles. The van der Waals surface area contributed by atoms with E-state index in [-0.39, 0.29) is 11.1 Å². The van der Waals surface area contributed by atoms with E-state index >= 15 is 0 Å². The van der Waals surface area contributed by atoms with Crippen LogP contribution in [0.4, 0.5) is 11.6 Å². The van der Waals surface area contributed by atoms with Gasteiger partial charge in [0.2, 0.25) is 5.28 Å². The van der Waals surface area contributed by atoms with Crippen LogP contribution in [0, 0.1) is 0 Å². The lowest BCUT2D eigenvalue weighted by Crippen LogP contribution is -2.04. The fourth-order valence-electron chi connectivity index (χ4n) is 3.07. The topological polar surface area (TPSA) is 95.6 Å². The van der Waals surface area contributed by atoms with Gasteiger partial charge >= 0.3 is 0 Å². The molecule has 0 amide bonds. The third kappa shape index (κ3) is 3.36. The average molecular weight is 413 g/mol. The molecular formula is C19H17ClN6O3. The number of rotatable bonds is 6. The quantitative estimate of drug-likeness (QED) is 0.484. The number of imidazole rings is 1. The zero-order valence-electron chi connectivity index (χ0n) is 15.9. The van der Waals surface area contributed by atoms with Crippen molar-refractivity contribution in [3.8, 4) is 17.2 Å². The number of ether oxygens (including phenoxy) is 2. The fraction of sp³-hybridized carbons (Fsp3) is 0.158. The van der Waals surface area contributed by atoms with E-state index in [1.54, 1.807) is 39.9 Å². The molecule has 0 aliphatic carbocycles. The van der Waals surface area contributed by atoms with Gasteiger partial charge in [-0.3, -0.25) is 4.79 Å². The number of nitrogens with one attached hydrogen (secondary N) is 1. The summed E-state index contributed by atoms with van der Waals surface area (Å²) >= 11 is 5.99. The van der Waals surface area contributed by atoms with Crippen LogP contribution in [0.25, 0.3) is 11.2 Å². The largest absolute Gasteiger partial charge is 0.492 e. The summed E-state index contributed by atoms with van der Waals surface area (Å²) in [4.78, 5) is 20.5. The predicted molar refractivity (Wildman–Crippen MR) is 108 cm³/mol. The lowest BCUT2D eigenvalue weighted by molar-refractivity contribution is 0.101. The Morgan fingerprint density at radius 2 is 1.97 bits per heavy atom. The molecule has 0 atom stereocenters. The van der Waals surface area contributed by atoms with Crippen molar-refractivity contribution in [1.29, 1.82) is 0 Å². The number of aromatic nitrogens is 5. The fourth-order valence-corrected chi connectivity index (χ4v) is 3.24. The summed E-state index contributed by atoms with van der Waals surface area (Å²) in [6.45, 7) is 1.48. The molecular weight excluding hydrogens is 396 g/mol. The van der Waals surface area contributed by atoms with Gasteiger partial charge in [0, 0.05) is 6.20 Å². The van der Waals surface area contributed by atoms with Crippen LogP contribution in [0.1, 0.15) is 17.3 Å². The molecule has 9 nitrogen and oxygen atoms in total. The van der Waals surface area contributed by atoms with Gasteiger partial charge in [-0.25, -0.2) is 9.50 Å². The van der Waals surface area contributed by atoms with Gasteiger partial charge in [0.1, 0.15) is 17.7 Å². The van der Waals surface area contributed by atoms with Crippen LogP contribution in [0.3, 0.4) is 0 Å². The molecule has 1 aromatic carbocycles. The van der Waals surface area contributed by atoms with E-state index in [1.807, 2.05) is 12.1 Å². The molecule has 0 bridgehead atoms. The van der Waals surface area contributed by atoms with Crippen molar-refractivity contribution >= 4 is 34.5 Å². The SMILES string of the molecule is COc1c(C(C)=O)ccc(-n2cnc(Nc3nc(Cl)nn4cccc34)c2)c1OC. The van der Waals surface area contributed by atoms with Gasteiger partial charge in [-0.15, -0.1) is 5.10 Å². The molecule has 3 aromatic heterocycles. The Bertz CT molecular complexity index is 1220. The predicted octanol–water partition coefficient (Wildman–Crippen LogP) is 3.53. The molecule has 0 radical (unpaired) electrons. The number of methoxy groups -OCH3 is 2. The lowest BCUT2D eigenvalue weighted by Gasteiger charge is -2.15. The van der Waals surface area contributed by atoms with Crippen LogP contribution < -0.4 is 14.8 Å². The van der Waals surface area contributed by atoms with E-state index in [1.165, 1.54) is 21.1 Å². The Hall–Kier alpha value is -3.59. The molecule has 0 fully saturated rings. The number of ketones is 1. The molecule has 0 unspecified atom stereocenters. The van der Waals surface area contributed by atoms with Gasteiger partial charge in [0.15, 0.2) is 23.1 Å². The van der Waals surface area contributed by atoms with E-state index in [9.17, 15) is 4.79 Å². The van der Waals surface area contributed by atoms with Crippen molar-refractivity contribution in [1.82, 2.24) is 24.1 Å². The normalized spacial score (nSPS) is 10.9. The van der Waals surface area contributed by atoms with Crippen molar-refractivity contribution in [2.75, 3.05) is 19.5 Å². The Morgan fingerprint density at radius 1 is 1.17 bits per heavy atom. The summed E-state index contributed by atoms with van der Waals surface area (Å²) in [6, 6.07) is 7.18. The minimum atomic E-state index is -0.114. The Morgan fingerprint density at radius 3 is 2.69 bits per heavy atom. The molecule has 0 spiro atoms. The van der Waals surface area contributed by atoms with Crippen molar-refractivity contribution < 1.29 is 14.3 Å². The standard InChI is InChI=1S/C19H17ClN6O3/c1-11(27)12-6-7-13(17(29-3)16(12)28-2)25-9-15(21-10-25)22-18-14-5-4-8-26(14)24-19(20)23-18/h4-10H,1-3H3,(H,22,23,24). The molecule has 0 aliphatic rings. The van der Waals surface area contributed by atoms with Crippen LogP contribution in [0.2, 0.25) is 5.28 Å². The molecule has 4 rings (SSSR count). The van der Waals surface area contributed by atoms with Crippen LogP contribution in [0.5, 0.6) is 11.5 Å². The third-order valence-corrected chi connectivity index (χ3v) is 4.51. The number of carbonyl (C=O) groups is 1. The third-order valence-electron chi connectivity index (χ3n) is 4.35. The van der Waals surface area contributed by atoms with Gasteiger partial charge in [-0.05, 0) is 42.8 Å². The maximum atomic E-state index is 11.9. The number of fused-ring (bicyclic) bond motifs is 1. The Labute approximate surface area is 170 Å². The summed E-state index contributed by atoms with van der Waals surface area (Å²) in [5.74, 6) is 1.76. The maximum absolute atomic E-state index is 11.9. The van der Waals surface area contributed by atoms with E-state index in [2.05, 4.69) is 20.4 Å². The molecule has 0 aliphatic heterocycles. The second-order valence-corrected chi connectivity index (χ2v) is 6.45. The van der Waals surface area contributed by atoms with Crippen molar-refractivity contribution in [2.45, 2.75) is 6.92 Å². The first kappa shape index (κ1) is 18.8. The number of hydrogen-bond acceptors (Lipinski definition) is 7. The highest BCUT2D eigenvalue weighted by Gasteiger charge is 2.19. The second-order valence-electron chi connectivity index (χ2n) is 6.11. The van der Waals surface area contributed by atoms with Gasteiger partial charge in [0.05, 0.1) is 31.7 Å². The zero-order valence-corrected chi connectivity index (χ0v) is 16.6. The van der Waals surface area contributed by atoms with E-state index < -0.39 is 0 Å². The summed E-state index contributed by atoms with van der Waals surface area (Å²) in [7, 11) is 3.02. The van der Waals surface area contributed by atoms with Gasteiger partial charge in [-0.2, -0.15) is 4.98 Å². The molecule has 0 saturated carbocycles. The Kier molecular flexibility index (Phi) is 4.81. The first-order chi connectivity index (χ1) is 14.0. The van der Waals surface area contributed by atoms with E-state index in [0.717, 1.165) is 5.52 Å². The highest BCUT2D eigenvalue weighted by Crippen LogP contribution is 2.37. The Balaban J connectivity index is 1.72. The minimum absolute atomic E-state index is 0.113. The molecule has 3 heterocycles. The summed E-state index contributed by atoms with van der Waals surface area (Å²) < 4.78 is 14.3. The van der Waals surface area contributed by atoms with Crippen LogP contribution in [-0.4, -0.2) is 44.2 Å². The molecule has 29 heavy (non-hydrogen) atoms. The first-order valence-electron chi connectivity index (χ1n) is 8.60. The summed E-state index contributed by atoms with van der Waals surface area (Å²) in [6.07, 6.45) is 5.16. The zero-order chi connectivity index (χ0) is 20.5. The second kappa shape index (κ2) is 7.44. The summed E-state index contributed by atoms with van der Waals surface area (Å²) in [5.41, 5.74) is 1.87. The number of hydrogen-bond donors (Lipinski definition) is 1. The number of carbonyl (C=O) groups excluding carboxylic acids is 1. The number of halogens is 1. The average Bonchev–Trinajstić information content (AvgIpc) is 3.35. The number of anilines is 2. The highest BCUT2D eigenvalue weighted by atomic mass is 35.5.